The van der Waals surface area contributed by atoms with Crippen LogP contribution in [0, 0.1) is 0 Å². The summed E-state index contributed by atoms with van der Waals surface area (Å²) in [6, 6.07) is 3.53. The van der Waals surface area contributed by atoms with Crippen molar-refractivity contribution >= 4 is 34.8 Å². The van der Waals surface area contributed by atoms with Crippen molar-refractivity contribution in [3.05, 3.63) is 46.5 Å². The van der Waals surface area contributed by atoms with Crippen LogP contribution in [0.15, 0.2) is 24.8 Å². The van der Waals surface area contributed by atoms with Crippen molar-refractivity contribution in [1.82, 2.24) is 19.9 Å². The van der Waals surface area contributed by atoms with E-state index in [2.05, 4.69) is 40.7 Å². The molecule has 0 saturated carbocycles. The van der Waals surface area contributed by atoms with Gasteiger partial charge in [0.05, 0.1) is 11.4 Å². The fourth-order valence-corrected chi connectivity index (χ4v) is 1.95. The maximum Gasteiger partial charge on any atom is 0.132 e. The zero-order valence-electron chi connectivity index (χ0n) is 13.9. The van der Waals surface area contributed by atoms with Crippen LogP contribution in [0.5, 0.6) is 0 Å². The van der Waals surface area contributed by atoms with Gasteiger partial charge in [0.25, 0.3) is 0 Å². The smallest absolute Gasteiger partial charge is 0.132 e. The molecule has 0 aromatic carbocycles. The Morgan fingerprint density at radius 3 is 1.57 bits per heavy atom. The van der Waals surface area contributed by atoms with Gasteiger partial charge in [0.1, 0.15) is 23.0 Å². The maximum atomic E-state index is 5.78. The highest BCUT2D eigenvalue weighted by Crippen LogP contribution is 2.23. The van der Waals surface area contributed by atoms with E-state index in [1.54, 1.807) is 12.1 Å². The lowest BCUT2D eigenvalue weighted by atomic mass is 9.92. The van der Waals surface area contributed by atoms with E-state index in [4.69, 9.17) is 34.8 Å². The predicted octanol–water partition coefficient (Wildman–Crippen LogP) is 5.07. The molecule has 0 aliphatic rings. The zero-order valence-corrected chi connectivity index (χ0v) is 16.2. The van der Waals surface area contributed by atoms with Crippen molar-refractivity contribution < 1.29 is 0 Å². The highest BCUT2D eigenvalue weighted by Gasteiger charge is 2.21. The van der Waals surface area contributed by atoms with E-state index in [1.165, 1.54) is 12.7 Å². The minimum absolute atomic E-state index is 0.0482. The Morgan fingerprint density at radius 2 is 1.22 bits per heavy atom. The van der Waals surface area contributed by atoms with Crippen molar-refractivity contribution in [2.45, 2.75) is 45.4 Å². The molecule has 126 valence electrons. The summed E-state index contributed by atoms with van der Waals surface area (Å²) in [5.74, 6) is 0.514. The van der Waals surface area contributed by atoms with Crippen LogP contribution in [0.25, 0.3) is 0 Å². The lowest BCUT2D eigenvalue weighted by Crippen LogP contribution is -2.20. The molecule has 0 unspecified atom stereocenters. The van der Waals surface area contributed by atoms with Crippen LogP contribution >= 0.6 is 34.8 Å². The number of alkyl halides is 1. The second-order valence-electron chi connectivity index (χ2n) is 6.72. The first-order valence-electron chi connectivity index (χ1n) is 7.08. The molecule has 2 heterocycles. The van der Waals surface area contributed by atoms with E-state index in [1.807, 2.05) is 13.8 Å². The van der Waals surface area contributed by atoms with Crippen molar-refractivity contribution in [2.24, 2.45) is 0 Å². The minimum Gasteiger partial charge on any atom is -0.241 e. The van der Waals surface area contributed by atoms with Gasteiger partial charge in [0, 0.05) is 16.7 Å². The van der Waals surface area contributed by atoms with Gasteiger partial charge in [-0.3, -0.25) is 0 Å². The van der Waals surface area contributed by atoms with E-state index in [9.17, 15) is 0 Å². The first kappa shape index (κ1) is 20.1. The molecular formula is C16H21Cl3N4. The maximum absolute atomic E-state index is 5.78. The Morgan fingerprint density at radius 1 is 0.783 bits per heavy atom. The highest BCUT2D eigenvalue weighted by atomic mass is 35.5. The number of nitrogens with zero attached hydrogens (tertiary/aromatic N) is 4. The van der Waals surface area contributed by atoms with Crippen molar-refractivity contribution in [3.8, 4) is 0 Å². The number of hydrogen-bond donors (Lipinski definition) is 0. The molecule has 0 bridgehead atoms. The topological polar surface area (TPSA) is 51.6 Å². The average molecular weight is 376 g/mol. The Bertz CT molecular complexity index is 639. The average Bonchev–Trinajstić information content (AvgIpc) is 2.47. The molecule has 7 heteroatoms. The molecule has 0 aliphatic heterocycles. The molecule has 0 aliphatic carbocycles. The fraction of sp³-hybridized carbons (Fsp3) is 0.500. The molecule has 0 atom stereocenters. The lowest BCUT2D eigenvalue weighted by Gasteiger charge is -2.19. The van der Waals surface area contributed by atoms with Gasteiger partial charge >= 0.3 is 0 Å². The molecule has 23 heavy (non-hydrogen) atoms. The van der Waals surface area contributed by atoms with Crippen LogP contribution in [0.2, 0.25) is 10.3 Å². The van der Waals surface area contributed by atoms with Gasteiger partial charge in [0.2, 0.25) is 0 Å². The standard InChI is InChI=1S/C8H10Cl2N2.C8H11ClN2/c1-8(2,4-9)6-3-7(10)12-5-11-6;1-8(2,3)6-4-7(9)11-5-10-6/h3,5H,4H2,1-2H3;4-5H,1-3H3. The molecular weight excluding hydrogens is 355 g/mol. The zero-order chi connectivity index (χ0) is 17.7. The van der Waals surface area contributed by atoms with E-state index in [-0.39, 0.29) is 10.8 Å². The number of aromatic nitrogens is 4. The van der Waals surface area contributed by atoms with Crippen LogP contribution in [-0.2, 0) is 10.8 Å². The fourth-order valence-electron chi connectivity index (χ4n) is 1.52. The second kappa shape index (κ2) is 8.22. The Hall–Kier alpha value is -0.970. The first-order valence-corrected chi connectivity index (χ1v) is 8.37. The molecule has 0 N–H and O–H groups in total. The number of hydrogen-bond acceptors (Lipinski definition) is 4. The molecule has 2 aromatic heterocycles. The molecule has 0 radical (unpaired) electrons. The lowest BCUT2D eigenvalue weighted by molar-refractivity contribution is 0.567. The SMILES string of the molecule is CC(C)(C)c1cc(Cl)ncn1.CC(C)(CCl)c1cc(Cl)ncn1. The van der Waals surface area contributed by atoms with Gasteiger partial charge in [0.15, 0.2) is 0 Å². The van der Waals surface area contributed by atoms with Crippen molar-refractivity contribution in [1.29, 1.82) is 0 Å². The van der Waals surface area contributed by atoms with Crippen LogP contribution in [0.1, 0.15) is 46.0 Å². The monoisotopic (exact) mass is 374 g/mol. The number of halogens is 3. The Kier molecular flexibility index (Phi) is 7.18. The summed E-state index contributed by atoms with van der Waals surface area (Å²) < 4.78 is 0. The summed E-state index contributed by atoms with van der Waals surface area (Å²) in [5, 5.41) is 0.961. The summed E-state index contributed by atoms with van der Waals surface area (Å²) in [7, 11) is 0. The van der Waals surface area contributed by atoms with Gasteiger partial charge in [-0.1, -0.05) is 57.8 Å². The van der Waals surface area contributed by atoms with Crippen LogP contribution in [0.3, 0.4) is 0 Å². The molecule has 4 nitrogen and oxygen atoms in total. The number of rotatable bonds is 2. The van der Waals surface area contributed by atoms with E-state index < -0.39 is 0 Å². The molecule has 0 amide bonds. The van der Waals surface area contributed by atoms with Gasteiger partial charge in [-0.05, 0) is 12.1 Å². The molecule has 0 saturated heterocycles. The molecule has 0 fully saturated rings. The van der Waals surface area contributed by atoms with Crippen LogP contribution in [-0.4, -0.2) is 25.8 Å². The third-order valence-corrected chi connectivity index (χ3v) is 4.14. The third-order valence-electron chi connectivity index (χ3n) is 3.06. The summed E-state index contributed by atoms with van der Waals surface area (Å²) >= 11 is 17.2. The van der Waals surface area contributed by atoms with Gasteiger partial charge < -0.3 is 0 Å². The second-order valence-corrected chi connectivity index (χ2v) is 7.76. The first-order chi connectivity index (χ1) is 10.6. The highest BCUT2D eigenvalue weighted by molar-refractivity contribution is 6.29. The summed E-state index contributed by atoms with van der Waals surface area (Å²) in [4.78, 5) is 15.8. The van der Waals surface area contributed by atoms with E-state index in [0.717, 1.165) is 11.4 Å². The Balaban J connectivity index is 0.000000231. The van der Waals surface area contributed by atoms with Crippen LogP contribution in [0.4, 0.5) is 0 Å². The van der Waals surface area contributed by atoms with Crippen molar-refractivity contribution in [3.63, 3.8) is 0 Å². The van der Waals surface area contributed by atoms with Gasteiger partial charge in [-0.25, -0.2) is 19.9 Å². The normalized spacial score (nSPS) is 11.7. The molecule has 2 aromatic rings. The van der Waals surface area contributed by atoms with E-state index in [0.29, 0.717) is 16.2 Å². The largest absolute Gasteiger partial charge is 0.241 e. The summed E-state index contributed by atoms with van der Waals surface area (Å²) in [6.45, 7) is 10.3. The quantitative estimate of drug-likeness (QED) is 0.543. The van der Waals surface area contributed by atoms with Crippen LogP contribution < -0.4 is 0 Å². The van der Waals surface area contributed by atoms with Gasteiger partial charge in [-0.15, -0.1) is 11.6 Å². The molecule has 0 spiro atoms. The minimum atomic E-state index is -0.145. The Labute approximate surface area is 152 Å². The summed E-state index contributed by atoms with van der Waals surface area (Å²) in [5.41, 5.74) is 1.75. The summed E-state index contributed by atoms with van der Waals surface area (Å²) in [6.07, 6.45) is 2.94. The predicted molar refractivity (Wildman–Crippen MR) is 96.5 cm³/mol. The van der Waals surface area contributed by atoms with E-state index >= 15 is 0 Å². The van der Waals surface area contributed by atoms with Crippen molar-refractivity contribution in [2.75, 3.05) is 5.88 Å². The third kappa shape index (κ3) is 6.58. The molecule has 2 rings (SSSR count). The van der Waals surface area contributed by atoms with Gasteiger partial charge in [-0.2, -0.15) is 0 Å².